The van der Waals surface area contributed by atoms with Gasteiger partial charge >= 0.3 is 36.0 Å². The lowest BCUT2D eigenvalue weighted by atomic mass is 9.44. The molecule has 4 aliphatic rings. The molecule has 0 radical (unpaired) electrons. The van der Waals surface area contributed by atoms with Crippen LogP contribution in [0.1, 0.15) is 146 Å². The number of anilines is 1. The van der Waals surface area contributed by atoms with Gasteiger partial charge in [-0.05, 0) is 105 Å². The lowest BCUT2D eigenvalue weighted by Gasteiger charge is -2.67. The molecule has 576 valence electrons. The predicted octanol–water partition coefficient (Wildman–Crippen LogP) is 3.63. The standard InChI is InChI=1S/C76H93N7O24/c1-39(2)32-51(82-69(96)52(33-56(77)88)81-66(93)42(5)79-65(92)41(4)78-36-50(86)30-31-57(89)90)68(95)80-49-28-26-45(27-29-49)37-101-72(99)105-61(59(46-20-14-11-15-21-46)83-67(94)47-22-16-12-17-23-47)71(98)104-53-35-76(100)64(106-70(97)48-24-18-13-19-25-48)62-74(10,54(87)34-55-75(62,38-102-55)107-44(7)85)63(91)60(103-43(6)84)58(40(53)3)73(76,8)9/h11-29,39,41-42,50-55,59-62,64,78,86-87,100H,30-38H2,1-10H3,(H2,77,88)(H,79,92)(H,80,95)(H,81,93)(H,82,96)(H,83,94)(H,89,90)/t41-,42-,50+,51-,52-,53+,54+,55-,59+,60-,61?,62?,64+,74-,75+,76-/m1/s1. The van der Waals surface area contributed by atoms with Crippen LogP contribution in [-0.2, 0) is 87.7 Å². The number of Topliss-reactive ketones (excluding diaryl/α,β-unsaturated/α-hetero) is 1. The number of ketones is 1. The van der Waals surface area contributed by atoms with Gasteiger partial charge in [0.1, 0.15) is 54.7 Å². The van der Waals surface area contributed by atoms with Crippen LogP contribution in [0.15, 0.2) is 126 Å². The number of nitrogens with one attached hydrogen (secondary N) is 6. The molecule has 6 amide bonds. The number of nitrogens with two attached hydrogens (primary N) is 1. The number of hydrogen-bond donors (Lipinski definition) is 11. The summed E-state index contributed by atoms with van der Waals surface area (Å²) in [7, 11) is 0. The first-order valence-corrected chi connectivity index (χ1v) is 35.0. The Hall–Kier alpha value is -10.5. The van der Waals surface area contributed by atoms with Crippen LogP contribution in [0.3, 0.4) is 0 Å². The number of aliphatic hydroxyl groups is 3. The minimum atomic E-state index is -2.59. The fourth-order valence-corrected chi connectivity index (χ4v) is 14.4. The summed E-state index contributed by atoms with van der Waals surface area (Å²) in [6, 6.07) is 22.3. The molecule has 31 heteroatoms. The molecule has 1 aliphatic heterocycles. The summed E-state index contributed by atoms with van der Waals surface area (Å²) < 4.78 is 42.6. The Morgan fingerprint density at radius 1 is 0.710 bits per heavy atom. The van der Waals surface area contributed by atoms with Crippen molar-refractivity contribution in [2.45, 2.75) is 199 Å². The molecule has 12 N–H and O–H groups in total. The number of aliphatic hydroxyl groups excluding tert-OH is 2. The van der Waals surface area contributed by atoms with Gasteiger partial charge in [0.2, 0.25) is 35.6 Å². The summed E-state index contributed by atoms with van der Waals surface area (Å²) in [5, 5.41) is 61.1. The lowest BCUT2D eigenvalue weighted by Crippen LogP contribution is -2.82. The molecule has 4 aromatic rings. The van der Waals surface area contributed by atoms with E-state index in [1.807, 2.05) is 0 Å². The molecule has 2 bridgehead atoms. The van der Waals surface area contributed by atoms with Crippen LogP contribution in [-0.4, -0.2) is 189 Å². The van der Waals surface area contributed by atoms with Crippen LogP contribution in [0, 0.1) is 22.7 Å². The summed E-state index contributed by atoms with van der Waals surface area (Å²) in [5.41, 5.74) is -2.42. The van der Waals surface area contributed by atoms with E-state index in [4.69, 9.17) is 44.0 Å². The Bertz CT molecular complexity index is 4010. The monoisotopic (exact) mass is 1490 g/mol. The SMILES string of the molecule is CC(=O)O[C@H]1C(=O)[C@@]2(C)C([C@H](OC(=O)c3ccccc3)[C@]3(O)C[C@H](OC(=O)C(OC(=O)OCc4ccc(NC(=O)[C@@H](CC(C)C)NC(=O)[C@@H](CC(N)=O)NC(=O)[C@@H](C)NC(=O)[C@@H](C)NC[C@@H](O)CCC(=O)O)cc4)[C@@H](NC(=O)c4ccccc4)c4ccccc4)C(C)=C1C3(C)C)[C@]1(OC(C)=O)CO[C@@H]1C[C@@H]2O. The first kappa shape index (κ1) is 82.2. The number of benzene rings is 4. The highest BCUT2D eigenvalue weighted by molar-refractivity contribution is 6.01. The zero-order chi connectivity index (χ0) is 78.6. The topological polar surface area (TPSA) is 466 Å². The minimum Gasteiger partial charge on any atom is -0.481 e. The zero-order valence-corrected chi connectivity index (χ0v) is 60.9. The Kier molecular flexibility index (Phi) is 26.8. The summed E-state index contributed by atoms with van der Waals surface area (Å²) in [6.07, 6.45) is -15.4. The van der Waals surface area contributed by atoms with Crippen LogP contribution < -0.4 is 37.6 Å². The molecule has 3 aliphatic carbocycles. The van der Waals surface area contributed by atoms with E-state index in [0.29, 0.717) is 0 Å². The Labute approximate surface area is 617 Å². The van der Waals surface area contributed by atoms with Crippen molar-refractivity contribution >= 4 is 82.9 Å². The number of primary amides is 1. The lowest BCUT2D eigenvalue weighted by molar-refractivity contribution is -0.346. The van der Waals surface area contributed by atoms with Crippen LogP contribution in [0.4, 0.5) is 10.5 Å². The van der Waals surface area contributed by atoms with Crippen molar-refractivity contribution < 1.29 is 116 Å². The molecule has 107 heavy (non-hydrogen) atoms. The fourth-order valence-electron chi connectivity index (χ4n) is 14.4. The van der Waals surface area contributed by atoms with Crippen molar-refractivity contribution in [2.24, 2.45) is 28.4 Å². The van der Waals surface area contributed by atoms with E-state index in [1.165, 1.54) is 102 Å². The fraction of sp³-hybridized carbons (Fsp3) is 0.487. The molecule has 2 saturated carbocycles. The first-order chi connectivity index (χ1) is 50.4. The van der Waals surface area contributed by atoms with E-state index in [1.54, 1.807) is 68.4 Å². The van der Waals surface area contributed by atoms with E-state index < -0.39 is 204 Å². The molecular weight excluding hydrogens is 1390 g/mol. The van der Waals surface area contributed by atoms with Gasteiger partial charge in [0.15, 0.2) is 17.5 Å². The molecule has 4 aromatic carbocycles. The second-order valence-corrected chi connectivity index (χ2v) is 28.5. The van der Waals surface area contributed by atoms with Crippen molar-refractivity contribution in [3.63, 3.8) is 0 Å². The van der Waals surface area contributed by atoms with Gasteiger partial charge in [0.05, 0.1) is 48.2 Å². The number of carboxylic acids is 1. The van der Waals surface area contributed by atoms with Crippen LogP contribution in [0.25, 0.3) is 0 Å². The second-order valence-electron chi connectivity index (χ2n) is 28.5. The molecule has 0 aromatic heterocycles. The third-order valence-corrected chi connectivity index (χ3v) is 20.1. The Balaban J connectivity index is 1.06. The van der Waals surface area contributed by atoms with Crippen molar-refractivity contribution in [3.05, 3.63) is 149 Å². The van der Waals surface area contributed by atoms with Gasteiger partial charge in [-0.3, -0.25) is 47.9 Å². The number of amides is 6. The maximum atomic E-state index is 16.0. The number of esters is 4. The number of rotatable bonds is 31. The van der Waals surface area contributed by atoms with Crippen molar-refractivity contribution in [1.82, 2.24) is 26.6 Å². The summed E-state index contributed by atoms with van der Waals surface area (Å²) in [4.78, 5) is 179. The molecular formula is C76H93N7O24. The van der Waals surface area contributed by atoms with Gasteiger partial charge < -0.3 is 91.2 Å². The predicted molar refractivity (Wildman–Crippen MR) is 377 cm³/mol. The number of hydrogen-bond acceptors (Lipinski definition) is 24. The Morgan fingerprint density at radius 2 is 1.31 bits per heavy atom. The van der Waals surface area contributed by atoms with Crippen LogP contribution >= 0.6 is 0 Å². The summed E-state index contributed by atoms with van der Waals surface area (Å²) >= 11 is 0. The molecule has 3 fully saturated rings. The van der Waals surface area contributed by atoms with E-state index in [0.717, 1.165) is 13.8 Å². The van der Waals surface area contributed by atoms with E-state index in [9.17, 15) is 68.1 Å². The van der Waals surface area contributed by atoms with Crippen LogP contribution in [0.2, 0.25) is 0 Å². The number of ether oxygens (including phenoxy) is 7. The van der Waals surface area contributed by atoms with Gasteiger partial charge in [-0.1, -0.05) is 107 Å². The maximum Gasteiger partial charge on any atom is 0.509 e. The molecule has 8 rings (SSSR count). The summed E-state index contributed by atoms with van der Waals surface area (Å²) in [5.74, 6) is -13.3. The number of fused-ring (bicyclic) bond motifs is 5. The zero-order valence-electron chi connectivity index (χ0n) is 60.9. The molecule has 16 atom stereocenters. The highest BCUT2D eigenvalue weighted by Gasteiger charge is 2.78. The minimum absolute atomic E-state index is 0.0179. The number of carbonyl (C=O) groups is 13. The van der Waals surface area contributed by atoms with Crippen LogP contribution in [0.5, 0.6) is 0 Å². The molecule has 1 heterocycles. The number of aliphatic carboxylic acids is 1. The largest absolute Gasteiger partial charge is 0.509 e. The normalized spacial score (nSPS) is 24.6. The summed E-state index contributed by atoms with van der Waals surface area (Å²) in [6.45, 7) is 13.1. The Morgan fingerprint density at radius 3 is 1.88 bits per heavy atom. The van der Waals surface area contributed by atoms with Gasteiger partial charge in [0.25, 0.3) is 5.91 Å². The maximum absolute atomic E-state index is 16.0. The van der Waals surface area contributed by atoms with E-state index in [-0.39, 0.29) is 77.2 Å². The van der Waals surface area contributed by atoms with Gasteiger partial charge in [-0.2, -0.15) is 0 Å². The van der Waals surface area contributed by atoms with Crippen molar-refractivity contribution in [2.75, 3.05) is 18.5 Å². The van der Waals surface area contributed by atoms with Crippen molar-refractivity contribution in [1.29, 1.82) is 0 Å². The highest BCUT2D eigenvalue weighted by Crippen LogP contribution is 2.64. The quantitative estimate of drug-likeness (QED) is 0.0195. The number of carbonyl (C=O) groups excluding carboxylic acids is 12. The van der Waals surface area contributed by atoms with E-state index in [2.05, 4.69) is 31.9 Å². The van der Waals surface area contributed by atoms with Gasteiger partial charge in [-0.25, -0.2) is 14.4 Å². The average Bonchev–Trinajstić information content (AvgIpc) is 0.668. The molecule has 1 saturated heterocycles. The third-order valence-electron chi connectivity index (χ3n) is 20.1. The molecule has 31 nitrogen and oxygen atoms in total. The molecule has 2 unspecified atom stereocenters. The van der Waals surface area contributed by atoms with E-state index >= 15 is 9.59 Å². The second kappa shape index (κ2) is 34.8. The van der Waals surface area contributed by atoms with Crippen molar-refractivity contribution in [3.8, 4) is 0 Å². The van der Waals surface area contributed by atoms with Gasteiger partial charge in [0, 0.05) is 56.3 Å². The smallest absolute Gasteiger partial charge is 0.481 e. The average molecular weight is 1490 g/mol. The number of carboxylic acid groups (broad SMARTS) is 1. The highest BCUT2D eigenvalue weighted by atomic mass is 16.7. The third kappa shape index (κ3) is 19.0. The van der Waals surface area contributed by atoms with Gasteiger partial charge in [-0.15, -0.1) is 0 Å². The first-order valence-electron chi connectivity index (χ1n) is 35.0. The molecule has 0 spiro atoms.